The van der Waals surface area contributed by atoms with Crippen LogP contribution in [0.5, 0.6) is 0 Å². The molecule has 21 heavy (non-hydrogen) atoms. The van der Waals surface area contributed by atoms with Crippen LogP contribution in [0, 0.1) is 6.92 Å². The zero-order valence-electron chi connectivity index (χ0n) is 13.6. The summed E-state index contributed by atoms with van der Waals surface area (Å²) in [6, 6.07) is 2.22. The molecule has 118 valence electrons. The highest BCUT2D eigenvalue weighted by atomic mass is 16.5. The van der Waals surface area contributed by atoms with Crippen molar-refractivity contribution in [1.82, 2.24) is 10.3 Å². The SMILES string of the molecule is CCCNCc1cnc(N2CC(OC)C(OC)C2)c(C)c1. The van der Waals surface area contributed by atoms with Gasteiger partial charge in [0.25, 0.3) is 0 Å². The van der Waals surface area contributed by atoms with Crippen LogP contribution < -0.4 is 10.2 Å². The number of hydrogen-bond donors (Lipinski definition) is 1. The fourth-order valence-electron chi connectivity index (χ4n) is 2.83. The Labute approximate surface area is 127 Å². The Kier molecular flexibility index (Phi) is 5.96. The molecule has 1 aliphatic heterocycles. The first-order valence-electron chi connectivity index (χ1n) is 7.66. The number of pyridine rings is 1. The molecule has 0 bridgehead atoms. The Morgan fingerprint density at radius 2 is 1.95 bits per heavy atom. The lowest BCUT2D eigenvalue weighted by Gasteiger charge is -2.19. The van der Waals surface area contributed by atoms with Crippen LogP contribution in [0.2, 0.25) is 0 Å². The Hall–Kier alpha value is -1.17. The first-order valence-corrected chi connectivity index (χ1v) is 7.66. The summed E-state index contributed by atoms with van der Waals surface area (Å²) < 4.78 is 11.0. The standard InChI is InChI=1S/C16H27N3O2/c1-5-6-17-8-13-7-12(2)16(18-9-13)19-10-14(20-3)15(11-19)21-4/h7,9,14-15,17H,5-6,8,10-11H2,1-4H3. The first-order chi connectivity index (χ1) is 10.2. The molecule has 0 radical (unpaired) electrons. The second-order valence-corrected chi connectivity index (χ2v) is 5.61. The van der Waals surface area contributed by atoms with Crippen molar-refractivity contribution in [3.63, 3.8) is 0 Å². The van der Waals surface area contributed by atoms with Gasteiger partial charge in [-0.25, -0.2) is 4.98 Å². The first kappa shape index (κ1) is 16.2. The van der Waals surface area contributed by atoms with Gasteiger partial charge in [0.2, 0.25) is 0 Å². The van der Waals surface area contributed by atoms with Crippen molar-refractivity contribution in [1.29, 1.82) is 0 Å². The average Bonchev–Trinajstić information content (AvgIpc) is 2.90. The summed E-state index contributed by atoms with van der Waals surface area (Å²) in [7, 11) is 3.48. The van der Waals surface area contributed by atoms with Gasteiger partial charge in [-0.3, -0.25) is 0 Å². The largest absolute Gasteiger partial charge is 0.377 e. The van der Waals surface area contributed by atoms with E-state index in [9.17, 15) is 0 Å². The number of aryl methyl sites for hydroxylation is 1. The van der Waals surface area contributed by atoms with Gasteiger partial charge in [-0.15, -0.1) is 0 Å². The molecule has 0 amide bonds. The fraction of sp³-hybridized carbons (Fsp3) is 0.688. The summed E-state index contributed by atoms with van der Waals surface area (Å²) in [5.41, 5.74) is 2.44. The van der Waals surface area contributed by atoms with Crippen LogP contribution in [0.1, 0.15) is 24.5 Å². The second kappa shape index (κ2) is 7.73. The van der Waals surface area contributed by atoms with Crippen molar-refractivity contribution < 1.29 is 9.47 Å². The minimum Gasteiger partial charge on any atom is -0.377 e. The summed E-state index contributed by atoms with van der Waals surface area (Å²) in [5.74, 6) is 1.04. The van der Waals surface area contributed by atoms with Gasteiger partial charge in [-0.2, -0.15) is 0 Å². The van der Waals surface area contributed by atoms with Gasteiger partial charge in [0, 0.05) is 40.1 Å². The number of anilines is 1. The maximum Gasteiger partial charge on any atom is 0.131 e. The van der Waals surface area contributed by atoms with Gasteiger partial charge in [0.05, 0.1) is 0 Å². The lowest BCUT2D eigenvalue weighted by Crippen LogP contribution is -2.27. The highest BCUT2D eigenvalue weighted by molar-refractivity contribution is 5.49. The van der Waals surface area contributed by atoms with Gasteiger partial charge in [-0.05, 0) is 37.1 Å². The van der Waals surface area contributed by atoms with Crippen LogP contribution in [-0.2, 0) is 16.0 Å². The Morgan fingerprint density at radius 3 is 2.48 bits per heavy atom. The molecule has 1 saturated heterocycles. The molecule has 0 aliphatic carbocycles. The van der Waals surface area contributed by atoms with Crippen LogP contribution in [0.15, 0.2) is 12.3 Å². The Morgan fingerprint density at radius 1 is 1.29 bits per heavy atom. The highest BCUT2D eigenvalue weighted by Crippen LogP contribution is 2.25. The molecule has 1 N–H and O–H groups in total. The smallest absolute Gasteiger partial charge is 0.131 e. The van der Waals surface area contributed by atoms with Crippen LogP contribution in [0.25, 0.3) is 0 Å². The maximum atomic E-state index is 5.49. The molecule has 1 aromatic rings. The lowest BCUT2D eigenvalue weighted by atomic mass is 10.2. The minimum absolute atomic E-state index is 0.113. The van der Waals surface area contributed by atoms with Crippen molar-refractivity contribution >= 4 is 5.82 Å². The zero-order chi connectivity index (χ0) is 15.2. The zero-order valence-corrected chi connectivity index (χ0v) is 13.6. The topological polar surface area (TPSA) is 46.6 Å². The van der Waals surface area contributed by atoms with Gasteiger partial charge in [-0.1, -0.05) is 6.92 Å². The quantitative estimate of drug-likeness (QED) is 0.776. The van der Waals surface area contributed by atoms with Gasteiger partial charge >= 0.3 is 0 Å². The van der Waals surface area contributed by atoms with Gasteiger partial charge in [0.15, 0.2) is 0 Å². The highest BCUT2D eigenvalue weighted by Gasteiger charge is 2.34. The third kappa shape index (κ3) is 3.93. The predicted molar refractivity (Wildman–Crippen MR) is 84.8 cm³/mol. The van der Waals surface area contributed by atoms with E-state index in [1.807, 2.05) is 6.20 Å². The maximum absolute atomic E-state index is 5.49. The minimum atomic E-state index is 0.113. The molecule has 1 fully saturated rings. The van der Waals surface area contributed by atoms with E-state index in [4.69, 9.17) is 9.47 Å². The molecular formula is C16H27N3O2. The predicted octanol–water partition coefficient (Wildman–Crippen LogP) is 1.74. The molecule has 0 aromatic carbocycles. The second-order valence-electron chi connectivity index (χ2n) is 5.61. The molecule has 2 rings (SSSR count). The van der Waals surface area contributed by atoms with Crippen molar-refractivity contribution in [3.05, 3.63) is 23.4 Å². The van der Waals surface area contributed by atoms with E-state index in [-0.39, 0.29) is 12.2 Å². The number of ether oxygens (including phenoxy) is 2. The van der Waals surface area contributed by atoms with Crippen LogP contribution in [-0.4, -0.2) is 51.0 Å². The van der Waals surface area contributed by atoms with Gasteiger partial charge in [0.1, 0.15) is 18.0 Å². The van der Waals surface area contributed by atoms with Gasteiger partial charge < -0.3 is 19.7 Å². The number of methoxy groups -OCH3 is 2. The van der Waals surface area contributed by atoms with E-state index in [1.165, 1.54) is 11.1 Å². The lowest BCUT2D eigenvalue weighted by molar-refractivity contribution is -0.00461. The summed E-state index contributed by atoms with van der Waals surface area (Å²) in [6.07, 6.45) is 3.34. The van der Waals surface area contributed by atoms with E-state index in [2.05, 4.69) is 35.1 Å². The fourth-order valence-corrected chi connectivity index (χ4v) is 2.83. The Balaban J connectivity index is 2.04. The summed E-state index contributed by atoms with van der Waals surface area (Å²) in [6.45, 7) is 7.87. The molecule has 5 nitrogen and oxygen atoms in total. The van der Waals surface area contributed by atoms with Crippen molar-refractivity contribution in [2.24, 2.45) is 0 Å². The van der Waals surface area contributed by atoms with E-state index < -0.39 is 0 Å². The van der Waals surface area contributed by atoms with Crippen molar-refractivity contribution in [2.75, 3.05) is 38.8 Å². The summed E-state index contributed by atoms with van der Waals surface area (Å²) >= 11 is 0. The van der Waals surface area contributed by atoms with E-state index in [1.54, 1.807) is 14.2 Å². The van der Waals surface area contributed by atoms with Crippen molar-refractivity contribution in [3.8, 4) is 0 Å². The third-order valence-electron chi connectivity index (χ3n) is 3.98. The van der Waals surface area contributed by atoms with Crippen LogP contribution >= 0.6 is 0 Å². The summed E-state index contributed by atoms with van der Waals surface area (Å²) in [5, 5.41) is 3.41. The number of nitrogens with one attached hydrogen (secondary N) is 1. The molecule has 2 atom stereocenters. The third-order valence-corrected chi connectivity index (χ3v) is 3.98. The normalized spacial score (nSPS) is 22.0. The monoisotopic (exact) mass is 293 g/mol. The van der Waals surface area contributed by atoms with E-state index in [0.29, 0.717) is 0 Å². The Bertz CT molecular complexity index is 441. The van der Waals surface area contributed by atoms with E-state index in [0.717, 1.165) is 38.4 Å². The number of nitrogens with zero attached hydrogens (tertiary/aromatic N) is 2. The molecule has 1 aliphatic rings. The molecule has 2 heterocycles. The average molecular weight is 293 g/mol. The summed E-state index contributed by atoms with van der Waals surface area (Å²) in [4.78, 5) is 6.90. The molecule has 2 unspecified atom stereocenters. The number of aromatic nitrogens is 1. The number of hydrogen-bond acceptors (Lipinski definition) is 5. The van der Waals surface area contributed by atoms with E-state index >= 15 is 0 Å². The van der Waals surface area contributed by atoms with Crippen molar-refractivity contribution in [2.45, 2.75) is 39.0 Å². The molecule has 0 saturated carbocycles. The molecule has 1 aromatic heterocycles. The molecule has 0 spiro atoms. The number of rotatable bonds is 7. The molecular weight excluding hydrogens is 266 g/mol. The molecule has 5 heteroatoms. The van der Waals surface area contributed by atoms with Crippen LogP contribution in [0.3, 0.4) is 0 Å². The van der Waals surface area contributed by atoms with Crippen LogP contribution in [0.4, 0.5) is 5.82 Å².